The van der Waals surface area contributed by atoms with E-state index in [4.69, 9.17) is 4.74 Å². The van der Waals surface area contributed by atoms with Crippen molar-refractivity contribution in [1.82, 2.24) is 20.1 Å². The van der Waals surface area contributed by atoms with Crippen molar-refractivity contribution in [2.75, 3.05) is 20.6 Å². The standard InChI is InChI=1S/C39H58N4O7S/c1-9-25(4)30(21-34(45)32-17-13-14-18-42(32)7)38(47)43(8)33(24(2)3)22-35(50-27(6)44)37-41-31(23-51-37)36(46)40-29(19-26(5)39(48)49)20-28-15-11-10-12-16-28/h10-12,15-16,23-26,29-30,32-33,35H,9,13-14,17-22H2,1-8H3,(H,40,46)(H,48,49)/t25-,26-,29+,30-,32+,33+,35+/m0/s1. The highest BCUT2D eigenvalue weighted by molar-refractivity contribution is 7.09. The lowest BCUT2D eigenvalue weighted by Gasteiger charge is -2.37. The molecule has 0 radical (unpaired) electrons. The lowest BCUT2D eigenvalue weighted by atomic mass is 9.83. The number of esters is 1. The zero-order chi connectivity index (χ0) is 37.8. The van der Waals surface area contributed by atoms with Gasteiger partial charge in [-0.2, -0.15) is 0 Å². The second kappa shape index (κ2) is 19.8. The molecule has 1 aromatic heterocycles. The molecule has 3 rings (SSSR count). The molecule has 0 unspecified atom stereocenters. The van der Waals surface area contributed by atoms with Crippen molar-refractivity contribution in [3.63, 3.8) is 0 Å². The molecule has 1 fully saturated rings. The highest BCUT2D eigenvalue weighted by Gasteiger charge is 2.37. The summed E-state index contributed by atoms with van der Waals surface area (Å²) in [5, 5.41) is 14.5. The molecule has 0 aliphatic carbocycles. The number of carboxylic acid groups (broad SMARTS) is 1. The van der Waals surface area contributed by atoms with Crippen LogP contribution in [-0.4, -0.2) is 88.2 Å². The molecule has 12 heteroatoms. The van der Waals surface area contributed by atoms with Gasteiger partial charge in [-0.25, -0.2) is 4.98 Å². The van der Waals surface area contributed by atoms with Gasteiger partial charge in [0.15, 0.2) is 11.9 Å². The van der Waals surface area contributed by atoms with Crippen LogP contribution in [0, 0.1) is 23.7 Å². The first-order chi connectivity index (χ1) is 24.1. The maximum atomic E-state index is 14.2. The SMILES string of the molecule is CC[C@H](C)[C@H](CC(=O)[C@H]1CCCCN1C)C(=O)N(C)[C@H](C[C@@H](OC(C)=O)c1nc(C(=O)N[C@@H](Cc2ccccc2)C[C@H](C)C(=O)O)cs1)C(C)C. The van der Waals surface area contributed by atoms with E-state index < -0.39 is 41.8 Å². The number of thiazole rings is 1. The van der Waals surface area contributed by atoms with Crippen LogP contribution >= 0.6 is 11.3 Å². The number of likely N-dealkylation sites (tertiary alicyclic amines) is 1. The maximum Gasteiger partial charge on any atom is 0.306 e. The largest absolute Gasteiger partial charge is 0.481 e. The highest BCUT2D eigenvalue weighted by atomic mass is 32.1. The summed E-state index contributed by atoms with van der Waals surface area (Å²) < 4.78 is 5.78. The zero-order valence-corrected chi connectivity index (χ0v) is 32.4. The molecule has 2 N–H and O–H groups in total. The van der Waals surface area contributed by atoms with E-state index in [1.807, 2.05) is 65.1 Å². The van der Waals surface area contributed by atoms with Crippen molar-refractivity contribution in [3.05, 3.63) is 52.0 Å². The molecule has 1 aliphatic heterocycles. The minimum absolute atomic E-state index is 0.000823. The molecule has 1 aliphatic rings. The summed E-state index contributed by atoms with van der Waals surface area (Å²) in [7, 11) is 3.74. The number of amides is 2. The molecular weight excluding hydrogens is 669 g/mol. The number of aliphatic carboxylic acids is 1. The molecule has 1 saturated heterocycles. The van der Waals surface area contributed by atoms with Gasteiger partial charge in [0, 0.05) is 50.2 Å². The summed E-state index contributed by atoms with van der Waals surface area (Å²) in [5.74, 6) is -3.05. The van der Waals surface area contributed by atoms with E-state index >= 15 is 0 Å². The number of aromatic nitrogens is 1. The number of nitrogens with zero attached hydrogens (tertiary/aromatic N) is 3. The van der Waals surface area contributed by atoms with Crippen LogP contribution in [0.15, 0.2) is 35.7 Å². The zero-order valence-electron chi connectivity index (χ0n) is 31.6. The normalized spacial score (nSPS) is 18.6. The van der Waals surface area contributed by atoms with Crippen molar-refractivity contribution in [1.29, 1.82) is 0 Å². The lowest BCUT2D eigenvalue weighted by molar-refractivity contribution is -0.149. The van der Waals surface area contributed by atoms with Crippen molar-refractivity contribution >= 4 is 40.9 Å². The summed E-state index contributed by atoms with van der Waals surface area (Å²) in [4.78, 5) is 73.6. The Balaban J connectivity index is 1.81. The second-order valence-electron chi connectivity index (χ2n) is 14.7. The topological polar surface area (TPSA) is 146 Å². The van der Waals surface area contributed by atoms with E-state index in [0.29, 0.717) is 11.4 Å². The lowest BCUT2D eigenvalue weighted by Crippen LogP contribution is -2.48. The number of piperidine rings is 1. The highest BCUT2D eigenvalue weighted by Crippen LogP contribution is 2.33. The van der Waals surface area contributed by atoms with Crippen molar-refractivity contribution in [3.8, 4) is 0 Å². The molecule has 51 heavy (non-hydrogen) atoms. The smallest absolute Gasteiger partial charge is 0.306 e. The summed E-state index contributed by atoms with van der Waals surface area (Å²) >= 11 is 1.19. The van der Waals surface area contributed by atoms with E-state index in [0.717, 1.165) is 37.8 Å². The molecule has 0 saturated carbocycles. The van der Waals surface area contributed by atoms with Gasteiger partial charge in [-0.1, -0.05) is 77.8 Å². The predicted octanol–water partition coefficient (Wildman–Crippen LogP) is 6.18. The number of nitrogens with one attached hydrogen (secondary N) is 1. The van der Waals surface area contributed by atoms with Crippen LogP contribution in [0.25, 0.3) is 0 Å². The number of benzene rings is 1. The molecule has 2 amide bonds. The first kappa shape index (κ1) is 41.8. The first-order valence-electron chi connectivity index (χ1n) is 18.3. The number of Topliss-reactive ketones (excluding diaryl/α,β-unsaturated/α-hetero) is 1. The van der Waals surface area contributed by atoms with Crippen molar-refractivity contribution < 1.29 is 33.8 Å². The van der Waals surface area contributed by atoms with Crippen LogP contribution in [0.2, 0.25) is 0 Å². The number of ketones is 1. The van der Waals surface area contributed by atoms with Crippen LogP contribution in [0.5, 0.6) is 0 Å². The minimum atomic E-state index is -0.940. The van der Waals surface area contributed by atoms with Crippen LogP contribution in [0.4, 0.5) is 0 Å². The van der Waals surface area contributed by atoms with Gasteiger partial charge < -0.3 is 20.1 Å². The average Bonchev–Trinajstić information content (AvgIpc) is 3.59. The second-order valence-corrected chi connectivity index (χ2v) is 15.5. The molecule has 282 valence electrons. The summed E-state index contributed by atoms with van der Waals surface area (Å²) in [6, 6.07) is 8.58. The van der Waals surface area contributed by atoms with Gasteiger partial charge in [0.25, 0.3) is 5.91 Å². The van der Waals surface area contributed by atoms with E-state index in [1.54, 1.807) is 24.3 Å². The number of likely N-dealkylation sites (N-methyl/N-ethyl adjacent to an activating group) is 1. The average molecular weight is 727 g/mol. The fourth-order valence-corrected chi connectivity index (χ4v) is 7.83. The molecule has 11 nitrogen and oxygen atoms in total. The van der Waals surface area contributed by atoms with Crippen molar-refractivity contribution in [2.24, 2.45) is 23.7 Å². The summed E-state index contributed by atoms with van der Waals surface area (Å²) in [6.07, 6.45) is 3.97. The Morgan fingerprint density at radius 2 is 1.76 bits per heavy atom. The molecule has 1 aromatic carbocycles. The van der Waals surface area contributed by atoms with Gasteiger partial charge in [-0.05, 0) is 56.7 Å². The fraction of sp³-hybridized carbons (Fsp3) is 0.641. The monoisotopic (exact) mass is 726 g/mol. The number of rotatable bonds is 19. The number of ether oxygens (including phenoxy) is 1. The third kappa shape index (κ3) is 12.2. The third-order valence-corrected chi connectivity index (χ3v) is 11.3. The first-order valence-corrected chi connectivity index (χ1v) is 19.2. The van der Waals surface area contributed by atoms with Gasteiger partial charge in [0.05, 0.1) is 12.0 Å². The Hall–Kier alpha value is -3.64. The van der Waals surface area contributed by atoms with Gasteiger partial charge in [0.1, 0.15) is 10.7 Å². The van der Waals surface area contributed by atoms with Crippen LogP contribution < -0.4 is 5.32 Å². The van der Waals surface area contributed by atoms with E-state index in [-0.39, 0.29) is 60.6 Å². The Bertz CT molecular complexity index is 1460. The van der Waals surface area contributed by atoms with Crippen molar-refractivity contribution in [2.45, 2.75) is 117 Å². The van der Waals surface area contributed by atoms with Crippen LogP contribution in [-0.2, 0) is 30.3 Å². The predicted molar refractivity (Wildman–Crippen MR) is 198 cm³/mol. The number of hydrogen-bond acceptors (Lipinski definition) is 9. The third-order valence-electron chi connectivity index (χ3n) is 10.3. The minimum Gasteiger partial charge on any atom is -0.481 e. The van der Waals surface area contributed by atoms with Crippen LogP contribution in [0.1, 0.15) is 114 Å². The van der Waals surface area contributed by atoms with E-state index in [1.165, 1.54) is 18.3 Å². The maximum absolute atomic E-state index is 14.2. The van der Waals surface area contributed by atoms with E-state index in [9.17, 15) is 29.1 Å². The number of carbonyl (C=O) groups is 5. The number of carboxylic acids is 1. The van der Waals surface area contributed by atoms with E-state index in [2.05, 4.69) is 15.2 Å². The molecule has 0 bridgehead atoms. The quantitative estimate of drug-likeness (QED) is 0.162. The molecule has 2 heterocycles. The van der Waals surface area contributed by atoms with Gasteiger partial charge in [0.2, 0.25) is 5.91 Å². The summed E-state index contributed by atoms with van der Waals surface area (Å²) in [6.45, 7) is 11.9. The Morgan fingerprint density at radius 3 is 2.35 bits per heavy atom. The van der Waals surface area contributed by atoms with Crippen LogP contribution in [0.3, 0.4) is 0 Å². The molecule has 2 aromatic rings. The molecular formula is C39H58N4O7S. The number of hydrogen-bond donors (Lipinski definition) is 2. The number of carbonyl (C=O) groups excluding carboxylic acids is 4. The Kier molecular flexibility index (Phi) is 16.2. The van der Waals surface area contributed by atoms with Gasteiger partial charge >= 0.3 is 11.9 Å². The molecule has 0 spiro atoms. The van der Waals surface area contributed by atoms with Gasteiger partial charge in [-0.15, -0.1) is 11.3 Å². The summed E-state index contributed by atoms with van der Waals surface area (Å²) in [5.41, 5.74) is 1.11. The fourth-order valence-electron chi connectivity index (χ4n) is 6.99. The Morgan fingerprint density at radius 1 is 1.08 bits per heavy atom. The Labute approximate surface area is 307 Å². The van der Waals surface area contributed by atoms with Gasteiger partial charge in [-0.3, -0.25) is 28.9 Å². The molecule has 7 atom stereocenters.